The van der Waals surface area contributed by atoms with Crippen LogP contribution in [0.3, 0.4) is 0 Å². The summed E-state index contributed by atoms with van der Waals surface area (Å²) in [6, 6.07) is 68.9. The number of fused-ring (bicyclic) bond motifs is 4. The number of rotatable bonds is 29. The molecule has 0 unspecified atom stereocenters. The number of likely N-dealkylation sites (N-methyl/N-ethyl adjacent to an activating group) is 4. The van der Waals surface area contributed by atoms with Gasteiger partial charge in [0.2, 0.25) is 50.8 Å². The molecule has 0 bridgehead atoms. The SMILES string of the molecule is CN(C(=O)[C@H](Cc1ccccc1)NC(=O)NS(=O)(=O)c1ccc(Cl)cc1)c1ccc2c(c1)OCO2.CN(C(=O)[C@H](Cc1ccccc1)NC(=O)NS(=O)(=O)c1ccccc1Cl)c1ccc2c(c1)OCO2.CN(C(=O)[C@H](Cc1ccccc1)NC(=O)NS(=O)(=O)c1ccccc1F)c1ccc2c(c1)OCO2.COc1ccc(S(=O)(=O)NC(=O)N[C@@H](Cc2ccccc2)C(=O)N(C)c2ccc3c(c2)OCO3)cc1. The van der Waals surface area contributed by atoms with Gasteiger partial charge in [-0.3, -0.25) is 19.2 Å². The lowest BCUT2D eigenvalue weighted by atomic mass is 10.0. The van der Waals surface area contributed by atoms with Gasteiger partial charge in [0, 0.05) is 106 Å². The summed E-state index contributed by atoms with van der Waals surface area (Å²) >= 11 is 11.8. The van der Waals surface area contributed by atoms with Crippen molar-refractivity contribution in [2.24, 2.45) is 0 Å². The number of carbonyl (C=O) groups excluding carboxylic acids is 8. The number of hydrogen-bond donors (Lipinski definition) is 8. The Labute approximate surface area is 820 Å². The molecule has 12 amide bonds. The van der Waals surface area contributed by atoms with Crippen molar-refractivity contribution in [2.75, 3.05) is 82.1 Å². The third-order valence-electron chi connectivity index (χ3n) is 21.5. The fraction of sp³-hybridized carbons (Fsp3) is 0.175. The lowest BCUT2D eigenvalue weighted by molar-refractivity contribution is -0.120. The van der Waals surface area contributed by atoms with Crippen molar-refractivity contribution in [3.63, 3.8) is 0 Å². The smallest absolute Gasteiger partial charge is 0.329 e. The minimum absolute atomic E-state index is 0.0350. The quantitative estimate of drug-likeness (QED) is 0.0216. The van der Waals surface area contributed by atoms with Gasteiger partial charge in [-0.05, 0) is 144 Å². The van der Waals surface area contributed by atoms with Gasteiger partial charge in [0.25, 0.3) is 40.1 Å². The van der Waals surface area contributed by atoms with Crippen LogP contribution in [0.1, 0.15) is 22.3 Å². The molecule has 16 rings (SSSR count). The molecule has 0 aliphatic carbocycles. The predicted molar refractivity (Wildman–Crippen MR) is 517 cm³/mol. The highest BCUT2D eigenvalue weighted by Crippen LogP contribution is 2.40. The lowest BCUT2D eigenvalue weighted by Crippen LogP contribution is -2.52. The Morgan fingerprint density at radius 1 is 0.312 bits per heavy atom. The molecule has 0 aromatic heterocycles. The van der Waals surface area contributed by atoms with Gasteiger partial charge in [-0.25, -0.2) is 76.1 Å². The van der Waals surface area contributed by atoms with Crippen molar-refractivity contribution in [2.45, 2.75) is 69.4 Å². The number of amides is 12. The Hall–Kier alpha value is -15.9. The average molecular weight is 2040 g/mol. The molecule has 12 aromatic rings. The first-order valence-electron chi connectivity index (χ1n) is 42.5. The monoisotopic (exact) mass is 2040 g/mol. The third-order valence-corrected chi connectivity index (χ3v) is 27.6. The van der Waals surface area contributed by atoms with Crippen LogP contribution in [0, 0.1) is 5.82 Å². The van der Waals surface area contributed by atoms with Crippen LogP contribution in [-0.4, -0.2) is 168 Å². The van der Waals surface area contributed by atoms with Crippen LogP contribution >= 0.6 is 23.2 Å². The Kier molecular flexibility index (Phi) is 33.8. The van der Waals surface area contributed by atoms with E-state index >= 15 is 0 Å². The fourth-order valence-corrected chi connectivity index (χ4v) is 18.6. The van der Waals surface area contributed by atoms with Gasteiger partial charge in [0.05, 0.1) is 21.9 Å². The molecule has 8 N–H and O–H groups in total. The summed E-state index contributed by atoms with van der Waals surface area (Å²) in [7, 11) is -9.47. The number of halogens is 3. The van der Waals surface area contributed by atoms with Crippen LogP contribution in [0.4, 0.5) is 46.3 Å². The maximum Gasteiger partial charge on any atom is 0.329 e. The van der Waals surface area contributed by atoms with E-state index in [4.69, 9.17) is 65.8 Å². The molecule has 0 saturated heterocycles. The average Bonchev–Trinajstić information content (AvgIpc) is 1.67. The summed E-state index contributed by atoms with van der Waals surface area (Å²) in [6.07, 6.45) is 0.503. The van der Waals surface area contributed by atoms with E-state index in [0.717, 1.165) is 34.4 Å². The Bertz CT molecular complexity index is 6850. The van der Waals surface area contributed by atoms with Crippen LogP contribution in [0.15, 0.2) is 311 Å². The summed E-state index contributed by atoms with van der Waals surface area (Å²) in [4.78, 5) is 109. The van der Waals surface area contributed by atoms with E-state index in [1.54, 1.807) is 159 Å². The van der Waals surface area contributed by atoms with Crippen molar-refractivity contribution in [1.82, 2.24) is 40.2 Å². The molecule has 44 heteroatoms. The number of nitrogens with zero attached hydrogens (tertiary/aromatic N) is 4. The molecule has 4 atom stereocenters. The second-order valence-corrected chi connectivity index (χ2v) is 38.5. The molecule has 734 valence electrons. The largest absolute Gasteiger partial charge is 0.497 e. The first-order chi connectivity index (χ1) is 67.5. The van der Waals surface area contributed by atoms with Gasteiger partial charge in [-0.15, -0.1) is 0 Å². The molecule has 12 aromatic carbocycles. The van der Waals surface area contributed by atoms with Gasteiger partial charge < -0.3 is 83.5 Å². The van der Waals surface area contributed by atoms with Crippen molar-refractivity contribution >= 4 is 134 Å². The van der Waals surface area contributed by atoms with Gasteiger partial charge in [0.1, 0.15) is 45.5 Å². The summed E-state index contributed by atoms with van der Waals surface area (Å²) in [5.74, 6) is 1.83. The minimum Gasteiger partial charge on any atom is -0.497 e. The Morgan fingerprint density at radius 2 is 0.560 bits per heavy atom. The molecule has 4 aliphatic rings. The number of benzene rings is 12. The maximum atomic E-state index is 14.0. The van der Waals surface area contributed by atoms with Crippen LogP contribution in [0.5, 0.6) is 51.7 Å². The van der Waals surface area contributed by atoms with Crippen LogP contribution in [0.25, 0.3) is 0 Å². The number of carbonyl (C=O) groups is 8. The van der Waals surface area contributed by atoms with Crippen molar-refractivity contribution in [3.8, 4) is 51.7 Å². The van der Waals surface area contributed by atoms with Gasteiger partial charge in [-0.1, -0.05) is 169 Å². The van der Waals surface area contributed by atoms with E-state index in [1.165, 1.54) is 113 Å². The summed E-state index contributed by atoms with van der Waals surface area (Å²) in [5.41, 5.74) is 5.13. The topological polar surface area (TPSA) is 465 Å². The molecular formula is C97H91Cl2FN12O25S4. The van der Waals surface area contributed by atoms with Crippen molar-refractivity contribution < 1.29 is 119 Å². The van der Waals surface area contributed by atoms with E-state index in [-0.39, 0.29) is 72.6 Å². The van der Waals surface area contributed by atoms with Gasteiger partial charge in [-0.2, -0.15) is 0 Å². The second kappa shape index (κ2) is 46.5. The number of sulfonamides is 4. The maximum absolute atomic E-state index is 14.0. The van der Waals surface area contributed by atoms with Crippen LogP contribution in [-0.2, 0) is 85.0 Å². The minimum atomic E-state index is -4.51. The molecule has 0 radical (unpaired) electrons. The zero-order valence-electron chi connectivity index (χ0n) is 75.4. The number of nitrogens with one attached hydrogen (secondary N) is 8. The van der Waals surface area contributed by atoms with E-state index in [2.05, 4.69) is 21.3 Å². The Morgan fingerprint density at radius 3 is 0.844 bits per heavy atom. The molecule has 4 aliphatic heterocycles. The zero-order valence-corrected chi connectivity index (χ0v) is 80.2. The normalized spacial score (nSPS) is 13.0. The molecular weight excluding hydrogens is 1950 g/mol. The number of hydrogen-bond acceptors (Lipinski definition) is 25. The lowest BCUT2D eigenvalue weighted by Gasteiger charge is -2.25. The van der Waals surface area contributed by atoms with E-state index in [9.17, 15) is 76.4 Å². The summed E-state index contributed by atoms with van der Waals surface area (Å²) in [5, 5.41) is 10.2. The zero-order chi connectivity index (χ0) is 101. The highest BCUT2D eigenvalue weighted by molar-refractivity contribution is 7.91. The van der Waals surface area contributed by atoms with Gasteiger partial charge >= 0.3 is 24.1 Å². The van der Waals surface area contributed by atoms with Gasteiger partial charge in [0.15, 0.2) is 46.0 Å². The highest BCUT2D eigenvalue weighted by atomic mass is 35.5. The van der Waals surface area contributed by atoms with Crippen LogP contribution in [0.2, 0.25) is 10.0 Å². The summed E-state index contributed by atoms with van der Waals surface area (Å²) < 4.78 is 170. The molecule has 141 heavy (non-hydrogen) atoms. The number of ether oxygens (including phenoxy) is 9. The number of methoxy groups -OCH3 is 1. The first kappa shape index (κ1) is 103. The number of urea groups is 4. The van der Waals surface area contributed by atoms with E-state index < -0.39 is 123 Å². The highest BCUT2D eigenvalue weighted by Gasteiger charge is 2.36. The number of anilines is 4. The predicted octanol–water partition coefficient (Wildman–Crippen LogP) is 12.2. The van der Waals surface area contributed by atoms with Crippen LogP contribution < -0.4 is 102 Å². The molecule has 0 fully saturated rings. The molecule has 0 spiro atoms. The second-order valence-electron chi connectivity index (χ2n) is 31.0. The molecule has 37 nitrogen and oxygen atoms in total. The van der Waals surface area contributed by atoms with E-state index in [0.29, 0.717) is 79.5 Å². The third kappa shape index (κ3) is 27.4. The van der Waals surface area contributed by atoms with Crippen molar-refractivity contribution in [3.05, 3.63) is 329 Å². The first-order valence-corrected chi connectivity index (χ1v) is 49.2. The Balaban J connectivity index is 0.000000158. The molecule has 4 heterocycles. The fourth-order valence-electron chi connectivity index (χ4n) is 14.2. The van der Waals surface area contributed by atoms with E-state index in [1.807, 2.05) is 80.9 Å². The standard InChI is InChI=1S/C25H25N3O7S.2C24H22ClN3O6S.C24H22FN3O6S/c1-28(18-8-13-22-23(15-18)35-16-34-22)24(29)21(14-17-6-4-3-5-7-17)26-25(30)27-36(31,32)20-11-9-19(33-2)10-12-20;1-28(17-11-12-20-21(14-17)34-15-33-20)23(29)19(13-16-7-3-2-4-8-16)26-24(30)27-35(31,32)22-10-6-5-9-18(22)25;1-28(18-9-12-21-22(14-18)34-15-33-21)23(29)20(13-16-5-3-2-4-6-16)26-24(30)27-35(31,32)19-10-7-17(25)8-11-19;1-28(17-11-12-20-21(14-17)34-15-33-20)23(29)19(13-16-7-3-2-4-8-16)26-24(30)27-35(31,32)22-10-6-5-9-18(22)25/h3-13,15,21H,14,16H2,1-2H3,(H2,26,27,30);2-12,14,19H,13,15H2,1H3,(H2,26,27,30);2-12,14,20H,13,15H2,1H3,(H2,26,27,30);2-12,14,19H,13,15H2,1H3,(H2,26,27,30)/t21-;19-;20-;19-/m0000/s1. The van der Waals surface area contributed by atoms with Crippen molar-refractivity contribution in [1.29, 1.82) is 0 Å². The summed E-state index contributed by atoms with van der Waals surface area (Å²) in [6.45, 7) is 0.356. The molecule has 0 saturated carbocycles.